The van der Waals surface area contributed by atoms with Crippen LogP contribution in [0.3, 0.4) is 0 Å². The molecule has 1 heterocycles. The Hall–Kier alpha value is -2.20. The molecule has 31 heavy (non-hydrogen) atoms. The van der Waals surface area contributed by atoms with Gasteiger partial charge in [0.25, 0.3) is 5.56 Å². The fourth-order valence-corrected chi connectivity index (χ4v) is 3.49. The Kier molecular flexibility index (Phi) is 12.1. The van der Waals surface area contributed by atoms with E-state index in [9.17, 15) is 18.9 Å². The van der Waals surface area contributed by atoms with Gasteiger partial charge in [-0.2, -0.15) is 0 Å². The third kappa shape index (κ3) is 11.1. The van der Waals surface area contributed by atoms with E-state index in [4.69, 9.17) is 23.3 Å². The van der Waals surface area contributed by atoms with Crippen molar-refractivity contribution in [3.63, 3.8) is 0 Å². The molecule has 0 aliphatic rings. The number of aryl methyl sites for hydroxylation is 1. The third-order valence-corrected chi connectivity index (χ3v) is 5.40. The highest BCUT2D eigenvalue weighted by atomic mass is 31.2. The van der Waals surface area contributed by atoms with Crippen molar-refractivity contribution in [2.45, 2.75) is 46.8 Å². The number of aromatic amines is 1. The number of H-pyrrole nitrogens is 1. The lowest BCUT2D eigenvalue weighted by molar-refractivity contribution is -0.0129. The molecule has 0 amide bonds. The predicted molar refractivity (Wildman–Crippen MR) is 113 cm³/mol. The normalized spacial score (nSPS) is 13.5. The number of rotatable bonds is 14. The van der Waals surface area contributed by atoms with Crippen molar-refractivity contribution in [2.75, 3.05) is 32.8 Å². The molecule has 0 aliphatic heterocycles. The van der Waals surface area contributed by atoms with Crippen molar-refractivity contribution in [3.8, 4) is 0 Å². The smallest absolute Gasteiger partial charge is 0.432 e. The molecule has 11 nitrogen and oxygen atoms in total. The molecule has 0 radical (unpaired) electrons. The maximum atomic E-state index is 12.9. The summed E-state index contributed by atoms with van der Waals surface area (Å²) in [6.45, 7) is 7.45. The van der Waals surface area contributed by atoms with Crippen molar-refractivity contribution in [3.05, 3.63) is 44.8 Å². The number of nitrogens with one attached hydrogen (secondary N) is 1. The van der Waals surface area contributed by atoms with Gasteiger partial charge in [-0.1, -0.05) is 12.2 Å². The lowest BCUT2D eigenvalue weighted by Crippen LogP contribution is -2.30. The zero-order valence-electron chi connectivity index (χ0n) is 18.3. The topological polar surface area (TPSA) is 135 Å². The van der Waals surface area contributed by atoms with E-state index in [0.29, 0.717) is 25.2 Å². The Morgan fingerprint density at radius 3 is 2.65 bits per heavy atom. The van der Waals surface area contributed by atoms with Gasteiger partial charge in [0.15, 0.2) is 0 Å². The van der Waals surface area contributed by atoms with Gasteiger partial charge in [-0.25, -0.2) is 9.59 Å². The number of aromatic nitrogens is 2. The second-order valence-electron chi connectivity index (χ2n) is 6.68. The SMILES string of the molecule is CCOCCCOP(=O)(C/C=C/Cn1cc(C)c(=O)[nH]c1=O)OCOC(=O)OC(C)C. The van der Waals surface area contributed by atoms with E-state index in [1.165, 1.54) is 16.8 Å². The van der Waals surface area contributed by atoms with E-state index >= 15 is 0 Å². The van der Waals surface area contributed by atoms with E-state index < -0.39 is 31.8 Å². The van der Waals surface area contributed by atoms with Gasteiger partial charge in [0, 0.05) is 31.5 Å². The van der Waals surface area contributed by atoms with Crippen LogP contribution in [0.25, 0.3) is 0 Å². The fraction of sp³-hybridized carbons (Fsp3) is 0.632. The Balaban J connectivity index is 2.67. The first-order valence-corrected chi connectivity index (χ1v) is 11.6. The summed E-state index contributed by atoms with van der Waals surface area (Å²) in [6.07, 6.45) is 3.64. The molecule has 0 saturated heterocycles. The van der Waals surface area contributed by atoms with Crippen LogP contribution in [0, 0.1) is 6.92 Å². The van der Waals surface area contributed by atoms with Crippen LogP contribution in [-0.2, 0) is 34.4 Å². The molecule has 1 rings (SSSR count). The van der Waals surface area contributed by atoms with Crippen LogP contribution >= 0.6 is 7.60 Å². The Bertz CT molecular complexity index is 876. The number of carbonyl (C=O) groups is 1. The number of nitrogens with zero attached hydrogens (tertiary/aromatic N) is 1. The lowest BCUT2D eigenvalue weighted by atomic mass is 10.4. The summed E-state index contributed by atoms with van der Waals surface area (Å²) in [6, 6.07) is 0. The molecule has 0 spiro atoms. The molecule has 0 bridgehead atoms. The van der Waals surface area contributed by atoms with Crippen molar-refractivity contribution in [2.24, 2.45) is 0 Å². The largest absolute Gasteiger partial charge is 0.510 e. The van der Waals surface area contributed by atoms with E-state index in [0.717, 1.165) is 0 Å². The van der Waals surface area contributed by atoms with E-state index in [2.05, 4.69) is 4.98 Å². The summed E-state index contributed by atoms with van der Waals surface area (Å²) in [7, 11) is -3.63. The molecule has 1 atom stereocenters. The minimum atomic E-state index is -3.63. The maximum absolute atomic E-state index is 12.9. The highest BCUT2D eigenvalue weighted by Crippen LogP contribution is 2.48. The predicted octanol–water partition coefficient (Wildman–Crippen LogP) is 2.57. The maximum Gasteiger partial charge on any atom is 0.510 e. The summed E-state index contributed by atoms with van der Waals surface area (Å²) >= 11 is 0. The minimum absolute atomic E-state index is 0.110. The van der Waals surface area contributed by atoms with Crippen LogP contribution in [-0.4, -0.2) is 54.6 Å². The fourth-order valence-electron chi connectivity index (χ4n) is 2.18. The standard InChI is InChI=1S/C19H31N2O9P/c1-5-26-10-8-11-28-31(25,29-14-27-19(24)30-15(2)3)12-7-6-9-21-13-16(4)17(22)20-18(21)23/h6-7,13,15H,5,8-12,14H2,1-4H3,(H,20,22,23)/b7-6+. The molecule has 12 heteroatoms. The molecular formula is C19H31N2O9P. The van der Waals surface area contributed by atoms with Gasteiger partial charge in [-0.15, -0.1) is 0 Å². The summed E-state index contributed by atoms with van der Waals surface area (Å²) in [5, 5.41) is 0. The summed E-state index contributed by atoms with van der Waals surface area (Å²) in [4.78, 5) is 36.8. The second-order valence-corrected chi connectivity index (χ2v) is 8.78. The molecule has 0 aliphatic carbocycles. The Morgan fingerprint density at radius 1 is 1.23 bits per heavy atom. The third-order valence-electron chi connectivity index (χ3n) is 3.67. The zero-order chi connectivity index (χ0) is 23.3. The number of allylic oxidation sites excluding steroid dienone is 2. The summed E-state index contributed by atoms with van der Waals surface area (Å²) in [5.74, 6) is 0. The van der Waals surface area contributed by atoms with Crippen LogP contribution in [0.15, 0.2) is 27.9 Å². The van der Waals surface area contributed by atoms with Gasteiger partial charge in [0.05, 0.1) is 18.9 Å². The number of hydrogen-bond donors (Lipinski definition) is 1. The molecule has 1 N–H and O–H groups in total. The molecular weight excluding hydrogens is 431 g/mol. The van der Waals surface area contributed by atoms with E-state index in [1.807, 2.05) is 6.92 Å². The first-order chi connectivity index (χ1) is 14.7. The summed E-state index contributed by atoms with van der Waals surface area (Å²) in [5.41, 5.74) is -0.603. The van der Waals surface area contributed by atoms with Gasteiger partial charge in [0.1, 0.15) is 0 Å². The van der Waals surface area contributed by atoms with Crippen LogP contribution < -0.4 is 11.2 Å². The molecule has 176 valence electrons. The van der Waals surface area contributed by atoms with Gasteiger partial charge >= 0.3 is 19.4 Å². The molecule has 1 aromatic rings. The van der Waals surface area contributed by atoms with Crippen molar-refractivity contribution < 1.29 is 32.6 Å². The Morgan fingerprint density at radius 2 is 1.97 bits per heavy atom. The molecule has 1 aromatic heterocycles. The summed E-state index contributed by atoms with van der Waals surface area (Å²) < 4.78 is 39.6. The van der Waals surface area contributed by atoms with Crippen LogP contribution in [0.4, 0.5) is 4.79 Å². The van der Waals surface area contributed by atoms with E-state index in [1.54, 1.807) is 26.8 Å². The highest BCUT2D eigenvalue weighted by molar-refractivity contribution is 7.54. The number of hydrogen-bond acceptors (Lipinski definition) is 9. The molecule has 0 aromatic carbocycles. The average molecular weight is 462 g/mol. The monoisotopic (exact) mass is 462 g/mol. The minimum Gasteiger partial charge on any atom is -0.432 e. The lowest BCUT2D eigenvalue weighted by Gasteiger charge is -2.17. The quantitative estimate of drug-likeness (QED) is 0.145. The van der Waals surface area contributed by atoms with Crippen molar-refractivity contribution in [1.82, 2.24) is 9.55 Å². The van der Waals surface area contributed by atoms with Crippen LogP contribution in [0.2, 0.25) is 0 Å². The second kappa shape index (κ2) is 14.0. The van der Waals surface area contributed by atoms with Crippen LogP contribution in [0.1, 0.15) is 32.8 Å². The average Bonchev–Trinajstić information content (AvgIpc) is 2.68. The van der Waals surface area contributed by atoms with Gasteiger partial charge < -0.3 is 18.7 Å². The van der Waals surface area contributed by atoms with Crippen molar-refractivity contribution in [1.29, 1.82) is 0 Å². The zero-order valence-corrected chi connectivity index (χ0v) is 19.2. The molecule has 1 unspecified atom stereocenters. The highest BCUT2D eigenvalue weighted by Gasteiger charge is 2.24. The van der Waals surface area contributed by atoms with Gasteiger partial charge in [0.2, 0.25) is 6.79 Å². The van der Waals surface area contributed by atoms with Crippen molar-refractivity contribution >= 4 is 13.8 Å². The Labute approximate surface area is 180 Å². The van der Waals surface area contributed by atoms with Gasteiger partial charge in [-0.3, -0.25) is 23.4 Å². The van der Waals surface area contributed by atoms with E-state index in [-0.39, 0.29) is 25.4 Å². The number of ether oxygens (including phenoxy) is 3. The first kappa shape index (κ1) is 26.8. The first-order valence-electron chi connectivity index (χ1n) is 9.91. The number of carbonyl (C=O) groups excluding carboxylic acids is 1. The molecule has 0 fully saturated rings. The molecule has 0 saturated carbocycles. The van der Waals surface area contributed by atoms with Crippen LogP contribution in [0.5, 0.6) is 0 Å². The van der Waals surface area contributed by atoms with Gasteiger partial charge in [-0.05, 0) is 34.1 Å².